The number of thioether (sulfide) groups is 1. The van der Waals surface area contributed by atoms with Gasteiger partial charge in [0.15, 0.2) is 5.16 Å². The van der Waals surface area contributed by atoms with Gasteiger partial charge in [-0.25, -0.2) is 9.97 Å². The lowest BCUT2D eigenvalue weighted by Gasteiger charge is -2.16. The third-order valence-corrected chi connectivity index (χ3v) is 4.33. The quantitative estimate of drug-likeness (QED) is 0.241. The van der Waals surface area contributed by atoms with Gasteiger partial charge in [-0.05, 0) is 19.1 Å². The van der Waals surface area contributed by atoms with Gasteiger partial charge in [0.2, 0.25) is 5.91 Å². The molecule has 0 aliphatic carbocycles. The molecule has 0 aliphatic rings. The monoisotopic (exact) mass is 440 g/mol. The molecule has 1 heterocycles. The van der Waals surface area contributed by atoms with Crippen LogP contribution >= 0.6 is 11.8 Å². The molecule has 0 saturated heterocycles. The van der Waals surface area contributed by atoms with Gasteiger partial charge < -0.3 is 5.32 Å². The van der Waals surface area contributed by atoms with Gasteiger partial charge in [0, 0.05) is 18.3 Å². The summed E-state index contributed by atoms with van der Waals surface area (Å²) in [7, 11) is 0. The van der Waals surface area contributed by atoms with Gasteiger partial charge in [-0.1, -0.05) is 11.8 Å². The molecule has 1 unspecified atom stereocenters. The molecule has 14 heteroatoms. The summed E-state index contributed by atoms with van der Waals surface area (Å²) in [5.41, 5.74) is -4.23. The zero-order valence-corrected chi connectivity index (χ0v) is 15.0. The van der Waals surface area contributed by atoms with Crippen LogP contribution in [-0.2, 0) is 17.1 Å². The molecule has 156 valence electrons. The number of hydrogen-bond donors (Lipinski definition) is 1. The summed E-state index contributed by atoms with van der Waals surface area (Å²) in [5, 5.41) is 11.1. The molecular weight excluding hydrogens is 430 g/mol. The van der Waals surface area contributed by atoms with Gasteiger partial charge in [0.1, 0.15) is 5.69 Å². The lowest BCUT2D eigenvalue weighted by atomic mass is 10.1. The smallest absolute Gasteiger partial charge is 0.325 e. The summed E-state index contributed by atoms with van der Waals surface area (Å²) in [6.07, 6.45) is -8.89. The number of hydrogen-bond acceptors (Lipinski definition) is 6. The summed E-state index contributed by atoms with van der Waals surface area (Å²) in [5.74, 6) is -0.990. The third kappa shape index (κ3) is 5.79. The second kappa shape index (κ2) is 8.23. The Balaban J connectivity index is 2.21. The molecule has 29 heavy (non-hydrogen) atoms. The van der Waals surface area contributed by atoms with Crippen molar-refractivity contribution in [1.29, 1.82) is 0 Å². The molecule has 0 aliphatic heterocycles. The van der Waals surface area contributed by atoms with Gasteiger partial charge in [0.25, 0.3) is 5.69 Å². The zero-order valence-electron chi connectivity index (χ0n) is 14.2. The Morgan fingerprint density at radius 1 is 1.17 bits per heavy atom. The first-order chi connectivity index (χ1) is 13.3. The first-order valence-electron chi connectivity index (χ1n) is 7.52. The van der Waals surface area contributed by atoms with Crippen molar-refractivity contribution in [1.82, 2.24) is 9.97 Å². The molecule has 0 spiro atoms. The second-order valence-electron chi connectivity index (χ2n) is 5.46. The fraction of sp³-hybridized carbons (Fsp3) is 0.267. The maximum Gasteiger partial charge on any atom is 0.433 e. The second-order valence-corrected chi connectivity index (χ2v) is 6.76. The average molecular weight is 440 g/mol. The summed E-state index contributed by atoms with van der Waals surface area (Å²) < 4.78 is 77.4. The van der Waals surface area contributed by atoms with Crippen molar-refractivity contribution >= 4 is 29.0 Å². The van der Waals surface area contributed by atoms with Gasteiger partial charge in [-0.2, -0.15) is 26.3 Å². The fourth-order valence-corrected chi connectivity index (χ4v) is 2.75. The molecule has 1 N–H and O–H groups in total. The van der Waals surface area contributed by atoms with Crippen LogP contribution in [0.3, 0.4) is 0 Å². The number of halogens is 6. The molecule has 0 radical (unpaired) electrons. The van der Waals surface area contributed by atoms with Gasteiger partial charge in [-0.15, -0.1) is 0 Å². The molecule has 1 atom stereocenters. The molecule has 2 rings (SSSR count). The van der Waals surface area contributed by atoms with Crippen molar-refractivity contribution in [2.24, 2.45) is 0 Å². The number of amides is 1. The topological polar surface area (TPSA) is 98.0 Å². The van der Waals surface area contributed by atoms with Crippen LogP contribution in [0.15, 0.2) is 35.6 Å². The van der Waals surface area contributed by atoms with E-state index in [-0.39, 0.29) is 6.07 Å². The minimum atomic E-state index is -4.99. The largest absolute Gasteiger partial charge is 0.433 e. The predicted molar refractivity (Wildman–Crippen MR) is 89.1 cm³/mol. The number of carbonyl (C=O) groups excluding carboxylic acids is 1. The highest BCUT2D eigenvalue weighted by Crippen LogP contribution is 2.37. The lowest BCUT2D eigenvalue weighted by Crippen LogP contribution is -2.24. The van der Waals surface area contributed by atoms with Gasteiger partial charge in [-0.3, -0.25) is 14.9 Å². The number of non-ortho nitro benzene ring substituents is 1. The Hall–Kier alpha value is -2.90. The van der Waals surface area contributed by atoms with Crippen LogP contribution < -0.4 is 5.32 Å². The number of alkyl halides is 6. The molecule has 7 nitrogen and oxygen atoms in total. The number of nitrogens with one attached hydrogen (secondary N) is 1. The Morgan fingerprint density at radius 3 is 2.38 bits per heavy atom. The van der Waals surface area contributed by atoms with Crippen LogP contribution in [0.5, 0.6) is 0 Å². The molecule has 0 fully saturated rings. The molecule has 1 aromatic heterocycles. The van der Waals surface area contributed by atoms with Crippen molar-refractivity contribution in [2.75, 3.05) is 5.32 Å². The number of nitro groups is 1. The minimum absolute atomic E-state index is 0.267. The Bertz CT molecular complexity index is 935. The van der Waals surface area contributed by atoms with Crippen LogP contribution in [0, 0.1) is 10.1 Å². The van der Waals surface area contributed by atoms with Crippen LogP contribution in [0.2, 0.25) is 0 Å². The number of anilines is 1. The zero-order chi connectivity index (χ0) is 22.0. The van der Waals surface area contributed by atoms with E-state index >= 15 is 0 Å². The SMILES string of the molecule is CC(Sc1nccc(C(F)(F)F)n1)C(=O)Nc1ccc([N+](=O)[O-])cc1C(F)(F)F. The number of benzene rings is 1. The van der Waals surface area contributed by atoms with Crippen LogP contribution in [0.25, 0.3) is 0 Å². The number of rotatable bonds is 5. The highest BCUT2D eigenvalue weighted by atomic mass is 32.2. The van der Waals surface area contributed by atoms with E-state index < -0.39 is 56.2 Å². The van der Waals surface area contributed by atoms with E-state index in [0.29, 0.717) is 17.8 Å². The standard InChI is InChI=1S/C15H10F6N4O3S/c1-7(29-13-22-5-4-11(24-13)15(19,20)21)12(26)23-10-3-2-8(25(27)28)6-9(10)14(16,17)18/h2-7H,1H3,(H,23,26). The van der Waals surface area contributed by atoms with E-state index in [2.05, 4.69) is 9.97 Å². The number of nitrogens with zero attached hydrogens (tertiary/aromatic N) is 3. The summed E-state index contributed by atoms with van der Waals surface area (Å²) in [4.78, 5) is 28.7. The van der Waals surface area contributed by atoms with E-state index in [1.54, 1.807) is 0 Å². The summed E-state index contributed by atoms with van der Waals surface area (Å²) >= 11 is 0.499. The van der Waals surface area contributed by atoms with Gasteiger partial charge >= 0.3 is 12.4 Å². The average Bonchev–Trinajstić information content (AvgIpc) is 2.60. The van der Waals surface area contributed by atoms with Crippen molar-refractivity contribution in [3.05, 3.63) is 51.8 Å². The van der Waals surface area contributed by atoms with E-state index in [9.17, 15) is 41.3 Å². The molecule has 2 aromatic rings. The minimum Gasteiger partial charge on any atom is -0.325 e. The maximum atomic E-state index is 13.1. The van der Waals surface area contributed by atoms with Crippen molar-refractivity contribution in [3.63, 3.8) is 0 Å². The van der Waals surface area contributed by atoms with Crippen LogP contribution in [0.1, 0.15) is 18.2 Å². The lowest BCUT2D eigenvalue weighted by molar-refractivity contribution is -0.385. The molecular formula is C15H10F6N4O3S. The Labute approximate surface area is 162 Å². The van der Waals surface area contributed by atoms with E-state index in [1.807, 2.05) is 5.32 Å². The van der Waals surface area contributed by atoms with E-state index in [4.69, 9.17) is 0 Å². The van der Waals surface area contributed by atoms with Crippen LogP contribution in [-0.4, -0.2) is 26.0 Å². The molecule has 1 aromatic carbocycles. The third-order valence-electron chi connectivity index (χ3n) is 3.35. The van der Waals surface area contributed by atoms with E-state index in [1.165, 1.54) is 6.92 Å². The van der Waals surface area contributed by atoms with Crippen molar-refractivity contribution < 1.29 is 36.1 Å². The molecule has 1 amide bonds. The highest BCUT2D eigenvalue weighted by Gasteiger charge is 2.36. The first kappa shape index (κ1) is 22.4. The van der Waals surface area contributed by atoms with Crippen molar-refractivity contribution in [3.8, 4) is 0 Å². The maximum absolute atomic E-state index is 13.1. The van der Waals surface area contributed by atoms with E-state index in [0.717, 1.165) is 18.3 Å². The number of aromatic nitrogens is 2. The fourth-order valence-electron chi connectivity index (χ4n) is 1.99. The Morgan fingerprint density at radius 2 is 1.83 bits per heavy atom. The summed E-state index contributed by atoms with van der Waals surface area (Å²) in [6.45, 7) is 1.22. The van der Waals surface area contributed by atoms with Gasteiger partial charge in [0.05, 0.1) is 21.4 Å². The number of nitro benzene ring substituents is 1. The predicted octanol–water partition coefficient (Wildman–Crippen LogP) is 4.54. The summed E-state index contributed by atoms with van der Waals surface area (Å²) in [6, 6.07) is 2.39. The van der Waals surface area contributed by atoms with Crippen LogP contribution in [0.4, 0.5) is 37.7 Å². The molecule has 0 saturated carbocycles. The Kier molecular flexibility index (Phi) is 6.35. The first-order valence-corrected chi connectivity index (χ1v) is 8.40. The highest BCUT2D eigenvalue weighted by molar-refractivity contribution is 8.00. The van der Waals surface area contributed by atoms with Crippen molar-refractivity contribution in [2.45, 2.75) is 29.7 Å². The normalized spacial score (nSPS) is 13.1. The molecule has 0 bridgehead atoms. The number of carbonyl (C=O) groups is 1.